The van der Waals surface area contributed by atoms with Gasteiger partial charge in [-0.25, -0.2) is 9.59 Å². The van der Waals surface area contributed by atoms with Crippen LogP contribution in [-0.4, -0.2) is 56.9 Å². The first-order valence-corrected chi connectivity index (χ1v) is 5.72. The summed E-state index contributed by atoms with van der Waals surface area (Å²) in [4.78, 5) is 24.9. The second-order valence-corrected chi connectivity index (χ2v) is 5.82. The van der Waals surface area contributed by atoms with E-state index in [4.69, 9.17) is 5.11 Å². The summed E-state index contributed by atoms with van der Waals surface area (Å²) in [6.45, 7) is 6.74. The average molecular weight is 242 g/mol. The van der Waals surface area contributed by atoms with Gasteiger partial charge in [-0.3, -0.25) is 4.90 Å². The van der Waals surface area contributed by atoms with E-state index in [-0.39, 0.29) is 17.0 Å². The summed E-state index contributed by atoms with van der Waals surface area (Å²) < 4.78 is 0. The van der Waals surface area contributed by atoms with Gasteiger partial charge in [0.2, 0.25) is 0 Å². The molecular weight excluding hydrogens is 224 g/mol. The molecule has 0 aliphatic carbocycles. The van der Waals surface area contributed by atoms with Crippen molar-refractivity contribution in [2.45, 2.75) is 38.8 Å². The first-order chi connectivity index (χ1) is 7.72. The third-order valence-electron chi connectivity index (χ3n) is 4.16. The molecule has 0 aromatic heterocycles. The predicted octanol–water partition coefficient (Wildman–Crippen LogP) is 1.52. The van der Waals surface area contributed by atoms with Crippen LogP contribution in [-0.2, 0) is 0 Å². The zero-order valence-corrected chi connectivity index (χ0v) is 10.3. The van der Waals surface area contributed by atoms with Crippen molar-refractivity contribution in [1.82, 2.24) is 9.80 Å². The molecule has 2 atom stereocenters. The Balaban J connectivity index is 2.25. The van der Waals surface area contributed by atoms with Crippen LogP contribution in [0.2, 0.25) is 0 Å². The van der Waals surface area contributed by atoms with Crippen molar-refractivity contribution in [1.29, 1.82) is 0 Å². The number of carboxylic acid groups (broad SMARTS) is 2. The third kappa shape index (κ3) is 1.46. The molecule has 0 spiro atoms. The van der Waals surface area contributed by atoms with Gasteiger partial charge in [0.25, 0.3) is 0 Å². The molecule has 2 unspecified atom stereocenters. The normalized spacial score (nSPS) is 32.1. The molecule has 0 radical (unpaired) electrons. The lowest BCUT2D eigenvalue weighted by molar-refractivity contribution is 0.118. The maximum atomic E-state index is 11.2. The van der Waals surface area contributed by atoms with Crippen LogP contribution >= 0.6 is 0 Å². The number of hydrogen-bond acceptors (Lipinski definition) is 2. The standard InChI is InChI=1S/C11H18N2O4/c1-10(2,3)11-4-5-12(8(14)15)6-7(11)13(11)9(16)17/h7H,4-6H2,1-3H3,(H,14,15)(H,16,17). The molecule has 0 aromatic carbocycles. The van der Waals surface area contributed by atoms with Crippen molar-refractivity contribution in [3.05, 3.63) is 0 Å². The minimum absolute atomic E-state index is 0.166. The predicted molar refractivity (Wildman–Crippen MR) is 60.1 cm³/mol. The molecule has 2 heterocycles. The van der Waals surface area contributed by atoms with Crippen LogP contribution in [0.5, 0.6) is 0 Å². The Hall–Kier alpha value is -1.46. The Morgan fingerprint density at radius 1 is 1.24 bits per heavy atom. The quantitative estimate of drug-likeness (QED) is 0.631. The van der Waals surface area contributed by atoms with E-state index in [1.807, 2.05) is 20.8 Å². The molecule has 0 bridgehead atoms. The summed E-state index contributed by atoms with van der Waals surface area (Å²) in [6, 6.07) is -0.190. The molecule has 2 N–H and O–H groups in total. The van der Waals surface area contributed by atoms with Gasteiger partial charge >= 0.3 is 12.2 Å². The Bertz CT molecular complexity index is 376. The van der Waals surface area contributed by atoms with Crippen LogP contribution < -0.4 is 0 Å². The van der Waals surface area contributed by atoms with E-state index >= 15 is 0 Å². The number of carbonyl (C=O) groups is 2. The molecule has 96 valence electrons. The smallest absolute Gasteiger partial charge is 0.408 e. The largest absolute Gasteiger partial charge is 0.465 e. The molecule has 6 heteroatoms. The molecule has 2 aliphatic heterocycles. The first kappa shape index (κ1) is 12.0. The number of hydrogen-bond donors (Lipinski definition) is 2. The summed E-state index contributed by atoms with van der Waals surface area (Å²) >= 11 is 0. The molecule has 2 fully saturated rings. The molecule has 2 saturated heterocycles. The summed E-state index contributed by atoms with van der Waals surface area (Å²) in [6.07, 6.45) is -1.33. The Morgan fingerprint density at radius 2 is 1.82 bits per heavy atom. The Labute approximate surface area is 99.8 Å². The second-order valence-electron chi connectivity index (χ2n) is 5.82. The van der Waals surface area contributed by atoms with Gasteiger partial charge in [-0.1, -0.05) is 20.8 Å². The summed E-state index contributed by atoms with van der Waals surface area (Å²) in [7, 11) is 0. The van der Waals surface area contributed by atoms with Gasteiger partial charge in [0, 0.05) is 13.1 Å². The Kier molecular flexibility index (Phi) is 2.31. The monoisotopic (exact) mass is 242 g/mol. The lowest BCUT2D eigenvalue weighted by atomic mass is 9.74. The van der Waals surface area contributed by atoms with E-state index in [1.54, 1.807) is 0 Å². The van der Waals surface area contributed by atoms with Crippen molar-refractivity contribution in [3.8, 4) is 0 Å². The van der Waals surface area contributed by atoms with E-state index in [2.05, 4.69) is 0 Å². The summed E-state index contributed by atoms with van der Waals surface area (Å²) in [5.41, 5.74) is -0.550. The molecular formula is C11H18N2O4. The minimum atomic E-state index is -0.968. The number of nitrogens with zero attached hydrogens (tertiary/aromatic N) is 2. The van der Waals surface area contributed by atoms with Gasteiger partial charge < -0.3 is 15.1 Å². The van der Waals surface area contributed by atoms with Gasteiger partial charge in [-0.2, -0.15) is 0 Å². The minimum Gasteiger partial charge on any atom is -0.465 e. The second kappa shape index (κ2) is 3.27. The maximum Gasteiger partial charge on any atom is 0.408 e. The zero-order chi connectivity index (χ0) is 13.0. The molecule has 6 nitrogen and oxygen atoms in total. The van der Waals surface area contributed by atoms with Crippen molar-refractivity contribution < 1.29 is 19.8 Å². The molecule has 0 aromatic rings. The number of rotatable bonds is 0. The number of fused-ring (bicyclic) bond motifs is 1. The average Bonchev–Trinajstić information content (AvgIpc) is 2.85. The highest BCUT2D eigenvalue weighted by Crippen LogP contribution is 2.57. The number of likely N-dealkylation sites (tertiary alicyclic amines) is 1. The van der Waals surface area contributed by atoms with E-state index < -0.39 is 12.2 Å². The van der Waals surface area contributed by atoms with Gasteiger partial charge in [-0.15, -0.1) is 0 Å². The zero-order valence-electron chi connectivity index (χ0n) is 10.3. The van der Waals surface area contributed by atoms with E-state index in [9.17, 15) is 14.7 Å². The van der Waals surface area contributed by atoms with Gasteiger partial charge in [-0.05, 0) is 11.8 Å². The number of piperidine rings is 1. The van der Waals surface area contributed by atoms with Gasteiger partial charge in [0.15, 0.2) is 0 Å². The lowest BCUT2D eigenvalue weighted by Gasteiger charge is -2.35. The van der Waals surface area contributed by atoms with Crippen molar-refractivity contribution in [2.75, 3.05) is 13.1 Å². The maximum absolute atomic E-state index is 11.2. The first-order valence-electron chi connectivity index (χ1n) is 5.72. The van der Waals surface area contributed by atoms with Crippen molar-refractivity contribution in [3.63, 3.8) is 0 Å². The SMILES string of the molecule is CC(C)(C)C12CCN(C(=O)O)CC1N2C(=O)O. The summed E-state index contributed by atoms with van der Waals surface area (Å²) in [5, 5.41) is 18.1. The van der Waals surface area contributed by atoms with Gasteiger partial charge in [0.1, 0.15) is 0 Å². The van der Waals surface area contributed by atoms with Crippen molar-refractivity contribution >= 4 is 12.2 Å². The van der Waals surface area contributed by atoms with E-state index in [0.717, 1.165) is 0 Å². The molecule has 2 rings (SSSR count). The van der Waals surface area contributed by atoms with E-state index in [0.29, 0.717) is 19.5 Å². The highest BCUT2D eigenvalue weighted by Gasteiger charge is 2.72. The fourth-order valence-electron chi connectivity index (χ4n) is 3.23. The van der Waals surface area contributed by atoms with Crippen LogP contribution in [0.15, 0.2) is 0 Å². The van der Waals surface area contributed by atoms with Crippen LogP contribution in [0, 0.1) is 5.41 Å². The summed E-state index contributed by atoms with van der Waals surface area (Å²) in [5.74, 6) is 0. The molecule has 0 saturated carbocycles. The fraction of sp³-hybridized carbons (Fsp3) is 0.818. The van der Waals surface area contributed by atoms with Crippen LogP contribution in [0.4, 0.5) is 9.59 Å². The highest BCUT2D eigenvalue weighted by atomic mass is 16.4. The van der Waals surface area contributed by atoms with E-state index in [1.165, 1.54) is 9.80 Å². The van der Waals surface area contributed by atoms with Crippen molar-refractivity contribution in [2.24, 2.45) is 5.41 Å². The lowest BCUT2D eigenvalue weighted by Crippen LogP contribution is -2.47. The molecule has 2 aliphatic rings. The number of amides is 2. The topological polar surface area (TPSA) is 80.9 Å². The van der Waals surface area contributed by atoms with Crippen LogP contribution in [0.1, 0.15) is 27.2 Å². The third-order valence-corrected chi connectivity index (χ3v) is 4.16. The van der Waals surface area contributed by atoms with Crippen LogP contribution in [0.25, 0.3) is 0 Å². The van der Waals surface area contributed by atoms with Gasteiger partial charge in [0.05, 0.1) is 11.6 Å². The Morgan fingerprint density at radius 3 is 2.24 bits per heavy atom. The fourth-order valence-corrected chi connectivity index (χ4v) is 3.23. The molecule has 2 amide bonds. The highest BCUT2D eigenvalue weighted by molar-refractivity contribution is 5.73. The molecule has 17 heavy (non-hydrogen) atoms. The van der Waals surface area contributed by atoms with Crippen LogP contribution in [0.3, 0.4) is 0 Å².